The first-order valence-electron chi connectivity index (χ1n) is 8.83. The van der Waals surface area contributed by atoms with Gasteiger partial charge in [0.25, 0.3) is 0 Å². The summed E-state index contributed by atoms with van der Waals surface area (Å²) in [5.41, 5.74) is 1.30. The van der Waals surface area contributed by atoms with Crippen molar-refractivity contribution in [3.63, 3.8) is 0 Å². The van der Waals surface area contributed by atoms with Gasteiger partial charge in [0.2, 0.25) is 0 Å². The second-order valence-corrected chi connectivity index (χ2v) is 9.52. The van der Waals surface area contributed by atoms with Crippen molar-refractivity contribution >= 4 is 17.7 Å². The summed E-state index contributed by atoms with van der Waals surface area (Å²) in [6.07, 6.45) is 10.7. The highest BCUT2D eigenvalue weighted by Gasteiger charge is 2.31. The molecule has 0 saturated carbocycles. The van der Waals surface area contributed by atoms with Crippen molar-refractivity contribution in [1.29, 1.82) is 0 Å². The molecule has 1 aromatic heterocycles. The molecule has 26 heavy (non-hydrogen) atoms. The maximum atomic E-state index is 5.39. The molecule has 0 saturated heterocycles. The summed E-state index contributed by atoms with van der Waals surface area (Å²) in [5, 5.41) is 2.62. The van der Waals surface area contributed by atoms with Gasteiger partial charge in [-0.1, -0.05) is 91.0 Å². The van der Waals surface area contributed by atoms with Gasteiger partial charge in [0.05, 0.1) is 12.2 Å². The van der Waals surface area contributed by atoms with E-state index in [1.807, 2.05) is 18.3 Å². The maximum absolute atomic E-state index is 5.39. The molecule has 1 aliphatic rings. The van der Waals surface area contributed by atoms with Crippen molar-refractivity contribution in [2.24, 2.45) is 4.74 Å². The van der Waals surface area contributed by atoms with E-state index in [0.29, 0.717) is 6.54 Å². The van der Waals surface area contributed by atoms with Crippen molar-refractivity contribution in [3.05, 3.63) is 115 Å². The number of allylic oxidation sites excluding steroid dienone is 4. The molecule has 2 nitrogen and oxygen atoms in total. The molecule has 0 fully saturated rings. The van der Waals surface area contributed by atoms with E-state index in [9.17, 15) is 0 Å². The van der Waals surface area contributed by atoms with Gasteiger partial charge in [0, 0.05) is 18.9 Å². The van der Waals surface area contributed by atoms with E-state index in [-0.39, 0.29) is 5.66 Å². The molecule has 3 aromatic rings. The van der Waals surface area contributed by atoms with Crippen LogP contribution in [0.4, 0.5) is 0 Å². The Bertz CT molecular complexity index is 905. The van der Waals surface area contributed by atoms with Gasteiger partial charge >= 0.3 is 0 Å². The van der Waals surface area contributed by atoms with E-state index in [2.05, 4.69) is 96.0 Å². The molecule has 0 N–H and O–H groups in total. The standard InChI is InChI=1S/C23H21N2P/c1-3-12-21(13-4-1)26(23-16-7-8-17-23,22-14-5-2-6-15-22)25-19-20-11-9-10-18-24-20/h1-18,23H,19H2. The highest BCUT2D eigenvalue weighted by Crippen LogP contribution is 2.54. The highest BCUT2D eigenvalue weighted by molar-refractivity contribution is 7.81. The van der Waals surface area contributed by atoms with Crippen LogP contribution in [-0.4, -0.2) is 10.6 Å². The van der Waals surface area contributed by atoms with Gasteiger partial charge in [-0.3, -0.25) is 9.73 Å². The summed E-state index contributed by atoms with van der Waals surface area (Å²) in [4.78, 5) is 4.48. The van der Waals surface area contributed by atoms with Crippen molar-refractivity contribution in [2.45, 2.75) is 12.2 Å². The molecule has 1 heterocycles. The van der Waals surface area contributed by atoms with Crippen LogP contribution < -0.4 is 10.6 Å². The quantitative estimate of drug-likeness (QED) is 0.595. The molecular formula is C23H21N2P. The second kappa shape index (κ2) is 7.68. The number of nitrogens with zero attached hydrogens (tertiary/aromatic N) is 2. The average Bonchev–Trinajstić information content (AvgIpc) is 3.26. The first kappa shape index (κ1) is 16.8. The Morgan fingerprint density at radius 2 is 1.31 bits per heavy atom. The van der Waals surface area contributed by atoms with Crippen molar-refractivity contribution in [1.82, 2.24) is 4.98 Å². The minimum atomic E-state index is -2.00. The summed E-state index contributed by atoms with van der Waals surface area (Å²) in [7, 11) is -2.00. The normalized spacial score (nSPS) is 13.8. The molecule has 0 unspecified atom stereocenters. The van der Waals surface area contributed by atoms with E-state index >= 15 is 0 Å². The monoisotopic (exact) mass is 356 g/mol. The number of hydrogen-bond acceptors (Lipinski definition) is 2. The van der Waals surface area contributed by atoms with Gasteiger partial charge in [-0.2, -0.15) is 0 Å². The summed E-state index contributed by atoms with van der Waals surface area (Å²) >= 11 is 0. The van der Waals surface area contributed by atoms with Crippen LogP contribution in [-0.2, 0) is 6.54 Å². The minimum absolute atomic E-state index is 0.288. The van der Waals surface area contributed by atoms with Gasteiger partial charge in [-0.05, 0) is 22.7 Å². The summed E-state index contributed by atoms with van der Waals surface area (Å²) in [5.74, 6) is 0. The first-order valence-corrected chi connectivity index (χ1v) is 10.6. The molecule has 0 atom stereocenters. The summed E-state index contributed by atoms with van der Waals surface area (Å²) in [6, 6.07) is 27.5. The van der Waals surface area contributed by atoms with Gasteiger partial charge in [0.1, 0.15) is 0 Å². The fourth-order valence-electron chi connectivity index (χ4n) is 3.41. The fourth-order valence-corrected chi connectivity index (χ4v) is 7.23. The molecule has 2 aromatic carbocycles. The minimum Gasteiger partial charge on any atom is -0.287 e. The number of benzene rings is 2. The Hall–Kier alpha value is -2.70. The lowest BCUT2D eigenvalue weighted by Crippen LogP contribution is -2.23. The van der Waals surface area contributed by atoms with Crippen LogP contribution in [0.2, 0.25) is 0 Å². The molecule has 128 valence electrons. The van der Waals surface area contributed by atoms with E-state index in [1.54, 1.807) is 0 Å². The number of pyridine rings is 1. The zero-order valence-electron chi connectivity index (χ0n) is 14.5. The third-order valence-electron chi connectivity index (χ3n) is 4.64. The average molecular weight is 356 g/mol. The lowest BCUT2D eigenvalue weighted by Gasteiger charge is -2.30. The number of aromatic nitrogens is 1. The molecule has 0 amide bonds. The molecule has 1 aliphatic carbocycles. The van der Waals surface area contributed by atoms with Crippen LogP contribution in [0.1, 0.15) is 5.69 Å². The van der Waals surface area contributed by atoms with Crippen LogP contribution in [0.15, 0.2) is 114 Å². The SMILES string of the molecule is C1=CC(P(=NCc2ccccn2)(c2ccccc2)c2ccccc2)C=C1. The lowest BCUT2D eigenvalue weighted by molar-refractivity contribution is 0.999. The summed E-state index contributed by atoms with van der Waals surface area (Å²) < 4.78 is 5.39. The van der Waals surface area contributed by atoms with Gasteiger partial charge in [-0.15, -0.1) is 0 Å². The van der Waals surface area contributed by atoms with E-state index < -0.39 is 7.05 Å². The highest BCUT2D eigenvalue weighted by atomic mass is 31.2. The Kier molecular flexibility index (Phi) is 4.95. The van der Waals surface area contributed by atoms with Crippen molar-refractivity contribution in [3.8, 4) is 0 Å². The van der Waals surface area contributed by atoms with E-state index in [1.165, 1.54) is 10.6 Å². The Morgan fingerprint density at radius 1 is 0.731 bits per heavy atom. The lowest BCUT2D eigenvalue weighted by atomic mass is 10.4. The molecule has 0 aliphatic heterocycles. The van der Waals surface area contributed by atoms with Crippen LogP contribution in [0.3, 0.4) is 0 Å². The van der Waals surface area contributed by atoms with Crippen LogP contribution >= 0.6 is 7.05 Å². The Balaban J connectivity index is 1.94. The third kappa shape index (κ3) is 3.21. The molecule has 3 heteroatoms. The predicted octanol–water partition coefficient (Wildman–Crippen LogP) is 4.93. The van der Waals surface area contributed by atoms with Crippen LogP contribution in [0.25, 0.3) is 0 Å². The zero-order valence-corrected chi connectivity index (χ0v) is 15.4. The summed E-state index contributed by atoms with van der Waals surface area (Å²) in [6.45, 7) is 0.622. The largest absolute Gasteiger partial charge is 0.287 e. The second-order valence-electron chi connectivity index (χ2n) is 6.24. The number of hydrogen-bond donors (Lipinski definition) is 0. The Morgan fingerprint density at radius 3 is 1.85 bits per heavy atom. The molecule has 0 radical (unpaired) electrons. The van der Waals surface area contributed by atoms with E-state index in [0.717, 1.165) is 5.69 Å². The van der Waals surface area contributed by atoms with E-state index in [4.69, 9.17) is 4.74 Å². The van der Waals surface area contributed by atoms with Gasteiger partial charge in [-0.25, -0.2) is 0 Å². The topological polar surface area (TPSA) is 25.2 Å². The third-order valence-corrected chi connectivity index (χ3v) is 8.61. The molecular weight excluding hydrogens is 335 g/mol. The molecule has 4 rings (SSSR count). The zero-order chi connectivity index (χ0) is 17.7. The predicted molar refractivity (Wildman–Crippen MR) is 112 cm³/mol. The first-order chi connectivity index (χ1) is 12.9. The number of rotatable bonds is 5. The maximum Gasteiger partial charge on any atom is 0.0804 e. The van der Waals surface area contributed by atoms with Gasteiger partial charge < -0.3 is 0 Å². The smallest absolute Gasteiger partial charge is 0.0804 e. The Labute approximate surface area is 155 Å². The van der Waals surface area contributed by atoms with Gasteiger partial charge in [0.15, 0.2) is 0 Å². The van der Waals surface area contributed by atoms with Crippen LogP contribution in [0, 0.1) is 0 Å². The fraction of sp³-hybridized carbons (Fsp3) is 0.0870. The molecule has 0 spiro atoms. The molecule has 0 bridgehead atoms. The van der Waals surface area contributed by atoms with Crippen LogP contribution in [0.5, 0.6) is 0 Å². The van der Waals surface area contributed by atoms with Crippen molar-refractivity contribution in [2.75, 3.05) is 0 Å². The van der Waals surface area contributed by atoms with Crippen molar-refractivity contribution < 1.29 is 0 Å².